The zero-order chi connectivity index (χ0) is 10.1. The average Bonchev–Trinajstić information content (AvgIpc) is 2.19. The monoisotopic (exact) mass is 251 g/mol. The van der Waals surface area contributed by atoms with Gasteiger partial charge in [0.25, 0.3) is 0 Å². The minimum atomic E-state index is 0.766. The topological polar surface area (TPSA) is 35.2 Å². The van der Waals surface area contributed by atoms with E-state index in [4.69, 9.17) is 10.5 Å². The Hall–Kier alpha value is -1.22. The van der Waals surface area contributed by atoms with Crippen molar-refractivity contribution in [2.24, 2.45) is 0 Å². The summed E-state index contributed by atoms with van der Waals surface area (Å²) in [5.41, 5.74) is 6.64. The highest BCUT2D eigenvalue weighted by molar-refractivity contribution is 9.10. The number of nitrogens with two attached hydrogens (primary N) is 1. The lowest BCUT2D eigenvalue weighted by Gasteiger charge is -2.07. The standard InChI is InChI=1S/C11H10BrNO/c1-14-11-5-4-10(13)9-6-7(12)2-3-8(9)11/h2-6H,13H2,1H3. The number of anilines is 1. The second-order valence-electron chi connectivity index (χ2n) is 3.05. The molecule has 2 aromatic rings. The van der Waals surface area contributed by atoms with E-state index in [0.717, 1.165) is 26.7 Å². The summed E-state index contributed by atoms with van der Waals surface area (Å²) in [7, 11) is 1.66. The first kappa shape index (κ1) is 9.34. The van der Waals surface area contributed by atoms with Gasteiger partial charge in [0.1, 0.15) is 5.75 Å². The van der Waals surface area contributed by atoms with Gasteiger partial charge in [0.2, 0.25) is 0 Å². The van der Waals surface area contributed by atoms with Crippen LogP contribution in [-0.4, -0.2) is 7.11 Å². The molecule has 72 valence electrons. The molecule has 2 aromatic carbocycles. The average molecular weight is 252 g/mol. The van der Waals surface area contributed by atoms with E-state index >= 15 is 0 Å². The predicted octanol–water partition coefficient (Wildman–Crippen LogP) is 3.19. The highest BCUT2D eigenvalue weighted by Gasteiger charge is 2.04. The van der Waals surface area contributed by atoms with Crippen LogP contribution in [0.1, 0.15) is 0 Å². The van der Waals surface area contributed by atoms with Crippen molar-refractivity contribution in [1.29, 1.82) is 0 Å². The van der Waals surface area contributed by atoms with Crippen LogP contribution in [-0.2, 0) is 0 Å². The molecule has 0 bridgehead atoms. The maximum absolute atomic E-state index is 5.87. The first-order chi connectivity index (χ1) is 6.72. The Balaban J connectivity index is 2.84. The van der Waals surface area contributed by atoms with Gasteiger partial charge in [0, 0.05) is 20.9 Å². The molecule has 2 rings (SSSR count). The minimum Gasteiger partial charge on any atom is -0.496 e. The molecule has 0 aromatic heterocycles. The number of hydrogen-bond donors (Lipinski definition) is 1. The summed E-state index contributed by atoms with van der Waals surface area (Å²) >= 11 is 3.42. The molecular formula is C11H10BrNO. The van der Waals surface area contributed by atoms with Gasteiger partial charge in [-0.05, 0) is 30.3 Å². The fourth-order valence-corrected chi connectivity index (χ4v) is 1.85. The number of hydrogen-bond acceptors (Lipinski definition) is 2. The molecule has 0 aliphatic heterocycles. The smallest absolute Gasteiger partial charge is 0.126 e. The molecule has 3 heteroatoms. The fourth-order valence-electron chi connectivity index (χ4n) is 1.49. The van der Waals surface area contributed by atoms with Crippen LogP contribution in [0.5, 0.6) is 5.75 Å². The minimum absolute atomic E-state index is 0.766. The van der Waals surface area contributed by atoms with Crippen molar-refractivity contribution < 1.29 is 4.74 Å². The van der Waals surface area contributed by atoms with Gasteiger partial charge in [-0.15, -0.1) is 0 Å². The second-order valence-corrected chi connectivity index (χ2v) is 3.96. The van der Waals surface area contributed by atoms with E-state index in [2.05, 4.69) is 15.9 Å². The molecule has 0 saturated carbocycles. The quantitative estimate of drug-likeness (QED) is 0.791. The Morgan fingerprint density at radius 2 is 1.93 bits per heavy atom. The van der Waals surface area contributed by atoms with Crippen molar-refractivity contribution in [1.82, 2.24) is 0 Å². The lowest BCUT2D eigenvalue weighted by Crippen LogP contribution is -1.90. The van der Waals surface area contributed by atoms with E-state index in [1.54, 1.807) is 7.11 Å². The lowest BCUT2D eigenvalue weighted by molar-refractivity contribution is 0.420. The molecule has 0 amide bonds. The van der Waals surface area contributed by atoms with Crippen LogP contribution in [0.4, 0.5) is 5.69 Å². The second kappa shape index (κ2) is 3.50. The van der Waals surface area contributed by atoms with Gasteiger partial charge in [-0.1, -0.05) is 15.9 Å². The van der Waals surface area contributed by atoms with Gasteiger partial charge in [-0.25, -0.2) is 0 Å². The maximum Gasteiger partial charge on any atom is 0.126 e. The number of benzene rings is 2. The van der Waals surface area contributed by atoms with Gasteiger partial charge in [0.15, 0.2) is 0 Å². The van der Waals surface area contributed by atoms with Crippen molar-refractivity contribution >= 4 is 32.4 Å². The van der Waals surface area contributed by atoms with Crippen LogP contribution in [0.2, 0.25) is 0 Å². The van der Waals surface area contributed by atoms with E-state index in [9.17, 15) is 0 Å². The predicted molar refractivity (Wildman–Crippen MR) is 62.6 cm³/mol. The molecule has 2 N–H and O–H groups in total. The largest absolute Gasteiger partial charge is 0.496 e. The highest BCUT2D eigenvalue weighted by Crippen LogP contribution is 2.31. The molecule has 0 radical (unpaired) electrons. The normalized spacial score (nSPS) is 10.4. The van der Waals surface area contributed by atoms with E-state index in [1.807, 2.05) is 30.3 Å². The Morgan fingerprint density at radius 3 is 2.64 bits per heavy atom. The van der Waals surface area contributed by atoms with Gasteiger partial charge in [0.05, 0.1) is 7.11 Å². The third-order valence-corrected chi connectivity index (χ3v) is 2.69. The van der Waals surface area contributed by atoms with Crippen molar-refractivity contribution in [3.05, 3.63) is 34.8 Å². The summed E-state index contributed by atoms with van der Waals surface area (Å²) in [6.07, 6.45) is 0. The van der Waals surface area contributed by atoms with Crippen LogP contribution in [0.25, 0.3) is 10.8 Å². The van der Waals surface area contributed by atoms with E-state index in [0.29, 0.717) is 0 Å². The number of halogens is 1. The van der Waals surface area contributed by atoms with Gasteiger partial charge in [-0.2, -0.15) is 0 Å². The van der Waals surface area contributed by atoms with Crippen LogP contribution in [0.3, 0.4) is 0 Å². The molecule has 0 unspecified atom stereocenters. The molecule has 0 saturated heterocycles. The summed E-state index contributed by atoms with van der Waals surface area (Å²) in [4.78, 5) is 0. The summed E-state index contributed by atoms with van der Waals surface area (Å²) < 4.78 is 6.27. The molecule has 0 aliphatic carbocycles. The van der Waals surface area contributed by atoms with Gasteiger partial charge in [-0.3, -0.25) is 0 Å². The first-order valence-electron chi connectivity index (χ1n) is 4.24. The molecule has 0 aliphatic rings. The molecule has 0 spiro atoms. The zero-order valence-electron chi connectivity index (χ0n) is 7.75. The zero-order valence-corrected chi connectivity index (χ0v) is 9.34. The van der Waals surface area contributed by atoms with Crippen molar-refractivity contribution in [2.45, 2.75) is 0 Å². The summed E-state index contributed by atoms with van der Waals surface area (Å²) in [6, 6.07) is 9.70. The van der Waals surface area contributed by atoms with E-state index in [-0.39, 0.29) is 0 Å². The van der Waals surface area contributed by atoms with Crippen LogP contribution >= 0.6 is 15.9 Å². The third kappa shape index (κ3) is 1.44. The number of methoxy groups -OCH3 is 1. The van der Waals surface area contributed by atoms with Crippen molar-refractivity contribution in [3.63, 3.8) is 0 Å². The molecule has 0 atom stereocenters. The SMILES string of the molecule is COc1ccc(N)c2cc(Br)ccc12. The Bertz CT molecular complexity index is 482. The number of fused-ring (bicyclic) bond motifs is 1. The van der Waals surface area contributed by atoms with E-state index in [1.165, 1.54) is 0 Å². The van der Waals surface area contributed by atoms with Crippen molar-refractivity contribution in [3.8, 4) is 5.75 Å². The lowest BCUT2D eigenvalue weighted by atomic mass is 10.1. The first-order valence-corrected chi connectivity index (χ1v) is 5.03. The molecule has 2 nitrogen and oxygen atoms in total. The van der Waals surface area contributed by atoms with Crippen LogP contribution in [0.15, 0.2) is 34.8 Å². The Labute approximate surface area is 90.8 Å². The number of nitrogen functional groups attached to an aromatic ring is 1. The van der Waals surface area contributed by atoms with Crippen molar-refractivity contribution in [2.75, 3.05) is 12.8 Å². The highest BCUT2D eigenvalue weighted by atomic mass is 79.9. The molecule has 14 heavy (non-hydrogen) atoms. The maximum atomic E-state index is 5.87. The number of rotatable bonds is 1. The third-order valence-electron chi connectivity index (χ3n) is 2.19. The number of ether oxygens (including phenoxy) is 1. The van der Waals surface area contributed by atoms with E-state index < -0.39 is 0 Å². The summed E-state index contributed by atoms with van der Waals surface area (Å²) in [5.74, 6) is 0.849. The Morgan fingerprint density at radius 1 is 1.14 bits per heavy atom. The molecule has 0 fully saturated rings. The van der Waals surface area contributed by atoms with Gasteiger partial charge < -0.3 is 10.5 Å². The van der Waals surface area contributed by atoms with Crippen LogP contribution < -0.4 is 10.5 Å². The summed E-state index contributed by atoms with van der Waals surface area (Å²) in [6.45, 7) is 0. The van der Waals surface area contributed by atoms with Crippen LogP contribution in [0, 0.1) is 0 Å². The van der Waals surface area contributed by atoms with Gasteiger partial charge >= 0.3 is 0 Å². The fraction of sp³-hybridized carbons (Fsp3) is 0.0909. The summed E-state index contributed by atoms with van der Waals surface area (Å²) in [5, 5.41) is 2.05. The molecular weight excluding hydrogens is 242 g/mol. The Kier molecular flexibility index (Phi) is 2.33. The molecule has 0 heterocycles.